The highest BCUT2D eigenvalue weighted by Gasteiger charge is 2.30. The van der Waals surface area contributed by atoms with Gasteiger partial charge in [0.05, 0.1) is 41.5 Å². The van der Waals surface area contributed by atoms with Crippen LogP contribution in [-0.2, 0) is 18.4 Å². The molecular weight excluding hydrogens is 536 g/mol. The maximum Gasteiger partial charge on any atom is 0.254 e. The molecule has 206 valence electrons. The zero-order valence-corrected chi connectivity index (χ0v) is 22.8. The summed E-state index contributed by atoms with van der Waals surface area (Å²) in [7, 11) is 5.41. The van der Waals surface area contributed by atoms with Crippen molar-refractivity contribution in [3.63, 3.8) is 0 Å². The minimum absolute atomic E-state index is 0.173. The summed E-state index contributed by atoms with van der Waals surface area (Å²) in [6, 6.07) is 10.0. The predicted octanol–water partition coefficient (Wildman–Crippen LogP) is 1.94. The monoisotopic (exact) mass is 562 g/mol. The van der Waals surface area contributed by atoms with E-state index in [0.29, 0.717) is 39.2 Å². The zero-order valence-electron chi connectivity index (χ0n) is 22.0. The lowest BCUT2D eigenvalue weighted by molar-refractivity contribution is -0.122. The van der Waals surface area contributed by atoms with E-state index in [0.717, 1.165) is 5.56 Å². The first-order valence-electron chi connectivity index (χ1n) is 12.3. The van der Waals surface area contributed by atoms with Crippen molar-refractivity contribution in [3.05, 3.63) is 70.6 Å². The Morgan fingerprint density at radius 2 is 2.02 bits per heavy atom. The second-order valence-corrected chi connectivity index (χ2v) is 9.79. The van der Waals surface area contributed by atoms with Gasteiger partial charge in [-0.15, -0.1) is 5.10 Å². The number of amides is 2. The Labute approximate surface area is 234 Å². The second-order valence-electron chi connectivity index (χ2n) is 9.39. The number of aliphatic hydroxyl groups excluding tert-OH is 1. The van der Waals surface area contributed by atoms with E-state index in [2.05, 4.69) is 35.8 Å². The largest absolute Gasteiger partial charge is 0.394 e. The molecule has 40 heavy (non-hydrogen) atoms. The van der Waals surface area contributed by atoms with Crippen LogP contribution in [0.5, 0.6) is 0 Å². The molecule has 0 radical (unpaired) electrons. The number of carbonyl (C=O) groups excluding carboxylic acids is 2. The fourth-order valence-corrected chi connectivity index (χ4v) is 4.49. The third-order valence-corrected chi connectivity index (χ3v) is 6.55. The van der Waals surface area contributed by atoms with Crippen LogP contribution in [0.25, 0.3) is 11.3 Å². The maximum absolute atomic E-state index is 13.2. The van der Waals surface area contributed by atoms with Gasteiger partial charge in [-0.2, -0.15) is 9.90 Å². The summed E-state index contributed by atoms with van der Waals surface area (Å²) < 4.78 is 0. The van der Waals surface area contributed by atoms with Crippen molar-refractivity contribution in [2.45, 2.75) is 12.6 Å². The molecule has 1 aliphatic heterocycles. The van der Waals surface area contributed by atoms with Crippen LogP contribution < -0.4 is 15.5 Å². The van der Waals surface area contributed by atoms with Crippen molar-refractivity contribution < 1.29 is 14.7 Å². The summed E-state index contributed by atoms with van der Waals surface area (Å²) in [5.41, 5.74) is 2.83. The summed E-state index contributed by atoms with van der Waals surface area (Å²) in [6.45, 7) is -0.231. The number of rotatable bonds is 9. The van der Waals surface area contributed by atoms with Gasteiger partial charge in [-0.1, -0.05) is 29.8 Å². The first-order valence-corrected chi connectivity index (χ1v) is 12.7. The van der Waals surface area contributed by atoms with Gasteiger partial charge < -0.3 is 25.5 Å². The lowest BCUT2D eigenvalue weighted by atomic mass is 10.0. The quantitative estimate of drug-likeness (QED) is 0.275. The van der Waals surface area contributed by atoms with Crippen molar-refractivity contribution in [1.82, 2.24) is 40.2 Å². The van der Waals surface area contributed by atoms with Crippen molar-refractivity contribution in [1.29, 1.82) is 0 Å². The standard InChI is InChI=1S/C26H27ClN10O3/c1-35(2)22-6-4-5-19(30-22)20(14-38)31-23(39)13-37-12-16-8-7-15(9-17(16)25(37)40)24-18(27)10-28-26(33-24)32-21-11-29-36(3)34-21/h4-11,20,38H,12-14H2,1-3H3,(H,31,39)(H,28,32,33,34)/t20-/m1/s1. The lowest BCUT2D eigenvalue weighted by Crippen LogP contribution is -2.40. The third-order valence-electron chi connectivity index (χ3n) is 6.27. The number of aromatic nitrogens is 6. The van der Waals surface area contributed by atoms with Crippen LogP contribution in [0.4, 0.5) is 17.6 Å². The van der Waals surface area contributed by atoms with Gasteiger partial charge in [-0.3, -0.25) is 9.59 Å². The first-order chi connectivity index (χ1) is 19.2. The maximum atomic E-state index is 13.2. The normalized spacial score (nSPS) is 13.2. The van der Waals surface area contributed by atoms with Gasteiger partial charge in [0.25, 0.3) is 5.91 Å². The minimum atomic E-state index is -0.705. The molecule has 3 aromatic heterocycles. The Hall–Kier alpha value is -4.62. The van der Waals surface area contributed by atoms with Crippen LogP contribution in [0.3, 0.4) is 0 Å². The molecule has 0 saturated carbocycles. The molecule has 0 spiro atoms. The number of carbonyl (C=O) groups is 2. The number of pyridine rings is 1. The minimum Gasteiger partial charge on any atom is -0.394 e. The van der Waals surface area contributed by atoms with Crippen LogP contribution in [0.1, 0.15) is 27.7 Å². The molecule has 4 aromatic rings. The molecule has 5 rings (SSSR count). The van der Waals surface area contributed by atoms with Gasteiger partial charge in [0, 0.05) is 38.8 Å². The average Bonchev–Trinajstić information content (AvgIpc) is 3.49. The Bertz CT molecular complexity index is 1570. The topological polar surface area (TPSA) is 154 Å². The van der Waals surface area contributed by atoms with Crippen LogP contribution in [0.15, 0.2) is 48.8 Å². The summed E-state index contributed by atoms with van der Waals surface area (Å²) in [6.07, 6.45) is 3.01. The van der Waals surface area contributed by atoms with Gasteiger partial charge in [0.15, 0.2) is 5.82 Å². The molecule has 0 saturated heterocycles. The smallest absolute Gasteiger partial charge is 0.254 e. The molecule has 0 aliphatic carbocycles. The first kappa shape index (κ1) is 27.0. The van der Waals surface area contributed by atoms with Crippen molar-refractivity contribution in [2.24, 2.45) is 7.05 Å². The van der Waals surface area contributed by atoms with Gasteiger partial charge in [-0.25, -0.2) is 15.0 Å². The number of anilines is 3. The molecule has 14 heteroatoms. The van der Waals surface area contributed by atoms with Gasteiger partial charge in [0.2, 0.25) is 11.9 Å². The van der Waals surface area contributed by atoms with E-state index in [1.165, 1.54) is 22.1 Å². The summed E-state index contributed by atoms with van der Waals surface area (Å²) in [5.74, 6) is 0.749. The van der Waals surface area contributed by atoms with E-state index in [4.69, 9.17) is 11.6 Å². The Morgan fingerprint density at radius 3 is 2.75 bits per heavy atom. The third kappa shape index (κ3) is 5.70. The van der Waals surface area contributed by atoms with Crippen molar-refractivity contribution >= 4 is 41.0 Å². The van der Waals surface area contributed by atoms with E-state index in [9.17, 15) is 14.7 Å². The number of nitrogens with one attached hydrogen (secondary N) is 2. The zero-order chi connectivity index (χ0) is 28.4. The van der Waals surface area contributed by atoms with Crippen molar-refractivity contribution in [2.75, 3.05) is 37.5 Å². The summed E-state index contributed by atoms with van der Waals surface area (Å²) >= 11 is 6.40. The van der Waals surface area contributed by atoms with Crippen LogP contribution in [0, 0.1) is 0 Å². The highest BCUT2D eigenvalue weighted by molar-refractivity contribution is 6.33. The van der Waals surface area contributed by atoms with E-state index in [-0.39, 0.29) is 31.6 Å². The number of aliphatic hydroxyl groups is 1. The van der Waals surface area contributed by atoms with Crippen LogP contribution in [0.2, 0.25) is 5.02 Å². The predicted molar refractivity (Wildman–Crippen MR) is 148 cm³/mol. The van der Waals surface area contributed by atoms with E-state index in [1.54, 1.807) is 19.2 Å². The number of benzene rings is 1. The molecule has 0 fully saturated rings. The lowest BCUT2D eigenvalue weighted by Gasteiger charge is -2.21. The number of fused-ring (bicyclic) bond motifs is 1. The highest BCUT2D eigenvalue weighted by atomic mass is 35.5. The fourth-order valence-electron chi connectivity index (χ4n) is 4.29. The van der Waals surface area contributed by atoms with Gasteiger partial charge in [0.1, 0.15) is 12.4 Å². The summed E-state index contributed by atoms with van der Waals surface area (Å²) in [4.78, 5) is 44.0. The van der Waals surface area contributed by atoms with E-state index in [1.807, 2.05) is 43.3 Å². The Balaban J connectivity index is 1.29. The second kappa shape index (κ2) is 11.2. The molecule has 4 heterocycles. The fraction of sp³-hybridized carbons (Fsp3) is 0.269. The SMILES string of the molecule is CN(C)c1cccc([C@@H](CO)NC(=O)CN2Cc3ccc(-c4nc(Nc5cnn(C)n5)ncc4Cl)cc3C2=O)n1. The molecule has 1 atom stereocenters. The number of hydrogen-bond donors (Lipinski definition) is 3. The number of aryl methyl sites for hydroxylation is 1. The van der Waals surface area contributed by atoms with E-state index >= 15 is 0 Å². The van der Waals surface area contributed by atoms with Crippen molar-refractivity contribution in [3.8, 4) is 11.3 Å². The Morgan fingerprint density at radius 1 is 1.20 bits per heavy atom. The molecule has 1 aliphatic rings. The number of nitrogens with zero attached hydrogens (tertiary/aromatic N) is 8. The molecule has 3 N–H and O–H groups in total. The summed E-state index contributed by atoms with van der Waals surface area (Å²) in [5, 5.41) is 24.1. The van der Waals surface area contributed by atoms with Gasteiger partial charge in [-0.05, 0) is 23.8 Å². The van der Waals surface area contributed by atoms with E-state index < -0.39 is 11.9 Å². The molecule has 0 bridgehead atoms. The average molecular weight is 563 g/mol. The molecule has 1 aromatic carbocycles. The highest BCUT2D eigenvalue weighted by Crippen LogP contribution is 2.31. The molecule has 2 amide bonds. The molecular formula is C26H27ClN10O3. The van der Waals surface area contributed by atoms with Gasteiger partial charge >= 0.3 is 0 Å². The number of hydrogen-bond acceptors (Lipinski definition) is 10. The molecule has 13 nitrogen and oxygen atoms in total. The molecule has 0 unspecified atom stereocenters. The Kier molecular flexibility index (Phi) is 7.58. The van der Waals surface area contributed by atoms with Crippen LogP contribution in [-0.4, -0.2) is 79.0 Å². The number of halogens is 1. The van der Waals surface area contributed by atoms with Crippen LogP contribution >= 0.6 is 11.6 Å².